The maximum absolute atomic E-state index is 5.22. The van der Waals surface area contributed by atoms with Crippen LogP contribution in [0.5, 0.6) is 0 Å². The maximum atomic E-state index is 5.22. The Bertz CT molecular complexity index is 147. The van der Waals surface area contributed by atoms with Crippen molar-refractivity contribution in [1.29, 1.82) is 0 Å². The van der Waals surface area contributed by atoms with Crippen LogP contribution in [0.3, 0.4) is 0 Å². The number of hydrogen-bond donors (Lipinski definition) is 0. The number of hydrogen-bond acceptors (Lipinski definition) is 1. The van der Waals surface area contributed by atoms with E-state index in [4.69, 9.17) is 4.74 Å². The predicted molar refractivity (Wildman–Crippen MR) is 56.9 cm³/mol. The number of unbranched alkanes of at least 4 members (excludes halogenated alkanes) is 2. The van der Waals surface area contributed by atoms with Gasteiger partial charge in [0.2, 0.25) is 0 Å². The third-order valence-electron chi connectivity index (χ3n) is 2.48. The fourth-order valence-corrected chi connectivity index (χ4v) is 1.51. The Kier molecular flexibility index (Phi) is 5.14. The third kappa shape index (κ3) is 5.09. The zero-order valence-electron chi connectivity index (χ0n) is 9.01. The highest BCUT2D eigenvalue weighted by atomic mass is 16.6. The minimum atomic E-state index is 0.476. The highest BCUT2D eigenvalue weighted by Crippen LogP contribution is 2.20. The van der Waals surface area contributed by atoms with Gasteiger partial charge in [-0.2, -0.15) is 0 Å². The van der Waals surface area contributed by atoms with Crippen molar-refractivity contribution in [1.82, 2.24) is 0 Å². The zero-order chi connectivity index (χ0) is 9.52. The molecule has 1 fully saturated rings. The van der Waals surface area contributed by atoms with Crippen molar-refractivity contribution in [2.45, 2.75) is 58.5 Å². The molecule has 1 atom stereocenters. The summed E-state index contributed by atoms with van der Waals surface area (Å²) < 4.78 is 5.22. The largest absolute Gasteiger partial charge is 0.369 e. The first kappa shape index (κ1) is 10.8. The molecule has 0 spiro atoms. The Morgan fingerprint density at radius 1 is 1.23 bits per heavy atom. The molecule has 76 valence electrons. The molecule has 1 aliphatic rings. The summed E-state index contributed by atoms with van der Waals surface area (Å²) >= 11 is 0. The summed E-state index contributed by atoms with van der Waals surface area (Å²) in [5, 5.41) is 0. The van der Waals surface area contributed by atoms with Gasteiger partial charge in [-0.1, -0.05) is 38.3 Å². The van der Waals surface area contributed by atoms with Crippen LogP contribution < -0.4 is 0 Å². The van der Waals surface area contributed by atoms with Crippen LogP contribution in [0.25, 0.3) is 0 Å². The van der Waals surface area contributed by atoms with E-state index < -0.39 is 0 Å². The lowest BCUT2D eigenvalue weighted by atomic mass is 10.0. The molecule has 0 N–H and O–H groups in total. The molecule has 0 aromatic heterocycles. The minimum absolute atomic E-state index is 0.476. The molecule has 1 saturated heterocycles. The Balaban J connectivity index is 2.24. The highest BCUT2D eigenvalue weighted by Gasteiger charge is 2.19. The molecular formula is C12H22O. The summed E-state index contributed by atoms with van der Waals surface area (Å²) in [4.78, 5) is 0. The second kappa shape index (κ2) is 6.20. The first-order valence-electron chi connectivity index (χ1n) is 5.68. The SMILES string of the molecule is CCCCC(=CC1CO1)CCCC. The number of epoxide rings is 1. The molecule has 0 aromatic carbocycles. The van der Waals surface area contributed by atoms with Crippen molar-refractivity contribution in [3.05, 3.63) is 11.6 Å². The average molecular weight is 182 g/mol. The predicted octanol–water partition coefficient (Wildman–Crippen LogP) is 3.69. The van der Waals surface area contributed by atoms with Crippen molar-refractivity contribution in [2.75, 3.05) is 6.61 Å². The van der Waals surface area contributed by atoms with E-state index in [1.807, 2.05) is 0 Å². The Morgan fingerprint density at radius 2 is 1.77 bits per heavy atom. The lowest BCUT2D eigenvalue weighted by Gasteiger charge is -2.04. The van der Waals surface area contributed by atoms with Gasteiger partial charge in [0.15, 0.2) is 0 Å². The van der Waals surface area contributed by atoms with Gasteiger partial charge in [-0.3, -0.25) is 0 Å². The van der Waals surface area contributed by atoms with Crippen molar-refractivity contribution >= 4 is 0 Å². The second-order valence-corrected chi connectivity index (χ2v) is 3.90. The van der Waals surface area contributed by atoms with Gasteiger partial charge in [0, 0.05) is 0 Å². The third-order valence-corrected chi connectivity index (χ3v) is 2.48. The normalized spacial score (nSPS) is 20.0. The number of ether oxygens (including phenoxy) is 1. The van der Waals surface area contributed by atoms with Gasteiger partial charge in [0.05, 0.1) is 12.7 Å². The molecule has 1 aliphatic heterocycles. The molecule has 0 aliphatic carbocycles. The van der Waals surface area contributed by atoms with Crippen LogP contribution in [0.2, 0.25) is 0 Å². The molecular weight excluding hydrogens is 160 g/mol. The second-order valence-electron chi connectivity index (χ2n) is 3.90. The summed E-state index contributed by atoms with van der Waals surface area (Å²) in [5.41, 5.74) is 1.63. The summed E-state index contributed by atoms with van der Waals surface area (Å²) in [6, 6.07) is 0. The van der Waals surface area contributed by atoms with E-state index in [0.29, 0.717) is 6.10 Å². The van der Waals surface area contributed by atoms with Crippen molar-refractivity contribution in [3.8, 4) is 0 Å². The van der Waals surface area contributed by atoms with Gasteiger partial charge in [0.25, 0.3) is 0 Å². The molecule has 1 unspecified atom stereocenters. The average Bonchev–Trinajstić information content (AvgIpc) is 2.93. The highest BCUT2D eigenvalue weighted by molar-refractivity contribution is 5.08. The van der Waals surface area contributed by atoms with E-state index >= 15 is 0 Å². The smallest absolute Gasteiger partial charge is 0.0993 e. The van der Waals surface area contributed by atoms with Crippen molar-refractivity contribution in [3.63, 3.8) is 0 Å². The monoisotopic (exact) mass is 182 g/mol. The van der Waals surface area contributed by atoms with Gasteiger partial charge >= 0.3 is 0 Å². The van der Waals surface area contributed by atoms with Crippen LogP contribution in [-0.4, -0.2) is 12.7 Å². The molecule has 13 heavy (non-hydrogen) atoms. The molecule has 1 heteroatoms. The maximum Gasteiger partial charge on any atom is 0.0993 e. The number of rotatable bonds is 7. The van der Waals surface area contributed by atoms with E-state index in [0.717, 1.165) is 6.61 Å². The first-order valence-corrected chi connectivity index (χ1v) is 5.68. The van der Waals surface area contributed by atoms with E-state index in [1.54, 1.807) is 5.57 Å². The van der Waals surface area contributed by atoms with Crippen LogP contribution in [0.4, 0.5) is 0 Å². The number of allylic oxidation sites excluding steroid dienone is 1. The quantitative estimate of drug-likeness (QED) is 0.432. The lowest BCUT2D eigenvalue weighted by Crippen LogP contribution is -1.88. The topological polar surface area (TPSA) is 12.5 Å². The lowest BCUT2D eigenvalue weighted by molar-refractivity contribution is 0.438. The fraction of sp³-hybridized carbons (Fsp3) is 0.833. The molecule has 1 heterocycles. The summed E-state index contributed by atoms with van der Waals surface area (Å²) in [6.45, 7) is 5.47. The first-order chi connectivity index (χ1) is 6.36. The zero-order valence-corrected chi connectivity index (χ0v) is 9.01. The molecule has 0 amide bonds. The molecule has 1 nitrogen and oxygen atoms in total. The van der Waals surface area contributed by atoms with Crippen LogP contribution >= 0.6 is 0 Å². The van der Waals surface area contributed by atoms with Crippen molar-refractivity contribution in [2.24, 2.45) is 0 Å². The summed E-state index contributed by atoms with van der Waals surface area (Å²) in [5.74, 6) is 0. The van der Waals surface area contributed by atoms with E-state index in [-0.39, 0.29) is 0 Å². The van der Waals surface area contributed by atoms with Crippen LogP contribution in [-0.2, 0) is 4.74 Å². The molecule has 0 radical (unpaired) electrons. The summed E-state index contributed by atoms with van der Waals surface area (Å²) in [6.07, 6.45) is 10.7. The van der Waals surface area contributed by atoms with Crippen molar-refractivity contribution < 1.29 is 4.74 Å². The van der Waals surface area contributed by atoms with Gasteiger partial charge in [-0.15, -0.1) is 0 Å². The Labute approximate surface area is 82.2 Å². The molecule has 0 bridgehead atoms. The van der Waals surface area contributed by atoms with Crippen LogP contribution in [0.15, 0.2) is 11.6 Å². The van der Waals surface area contributed by atoms with Crippen LogP contribution in [0, 0.1) is 0 Å². The van der Waals surface area contributed by atoms with E-state index in [9.17, 15) is 0 Å². The molecule has 1 rings (SSSR count). The van der Waals surface area contributed by atoms with Gasteiger partial charge < -0.3 is 4.74 Å². The Hall–Kier alpha value is -0.300. The van der Waals surface area contributed by atoms with Crippen LogP contribution in [0.1, 0.15) is 52.4 Å². The van der Waals surface area contributed by atoms with E-state index in [2.05, 4.69) is 19.9 Å². The van der Waals surface area contributed by atoms with Gasteiger partial charge in [-0.05, 0) is 25.7 Å². The minimum Gasteiger partial charge on any atom is -0.369 e. The Morgan fingerprint density at radius 3 is 2.15 bits per heavy atom. The molecule has 0 aromatic rings. The van der Waals surface area contributed by atoms with Gasteiger partial charge in [-0.25, -0.2) is 0 Å². The summed E-state index contributed by atoms with van der Waals surface area (Å²) in [7, 11) is 0. The van der Waals surface area contributed by atoms with E-state index in [1.165, 1.54) is 38.5 Å². The standard InChI is InChI=1S/C12H22O/c1-3-5-7-11(8-6-4-2)9-12-10-13-12/h9,12H,3-8,10H2,1-2H3. The van der Waals surface area contributed by atoms with Gasteiger partial charge in [0.1, 0.15) is 0 Å². The fourth-order valence-electron chi connectivity index (χ4n) is 1.51. The molecule has 0 saturated carbocycles.